The van der Waals surface area contributed by atoms with Gasteiger partial charge in [-0.3, -0.25) is 4.79 Å². The predicted molar refractivity (Wildman–Crippen MR) is 78.8 cm³/mol. The number of carbonyl (C=O) groups excluding carboxylic acids is 1. The van der Waals surface area contributed by atoms with Gasteiger partial charge in [0, 0.05) is 17.4 Å². The van der Waals surface area contributed by atoms with E-state index in [-0.39, 0.29) is 10.7 Å². The van der Waals surface area contributed by atoms with Crippen molar-refractivity contribution in [2.24, 2.45) is 0 Å². The monoisotopic (exact) mass is 309 g/mol. The summed E-state index contributed by atoms with van der Waals surface area (Å²) in [4.78, 5) is 12.4. The van der Waals surface area contributed by atoms with Gasteiger partial charge in [0.2, 0.25) is 0 Å². The average molecular weight is 310 g/mol. The summed E-state index contributed by atoms with van der Waals surface area (Å²) >= 11 is 5.87. The summed E-state index contributed by atoms with van der Waals surface area (Å²) in [7, 11) is -3.27. The van der Waals surface area contributed by atoms with Gasteiger partial charge in [0.05, 0.1) is 15.6 Å². The Balaban J connectivity index is 2.36. The molecule has 2 rings (SSSR count). The minimum absolute atomic E-state index is 0.171. The lowest BCUT2D eigenvalue weighted by Gasteiger charge is -2.04. The van der Waals surface area contributed by atoms with Gasteiger partial charge in [0.1, 0.15) is 0 Å². The van der Waals surface area contributed by atoms with Crippen molar-refractivity contribution in [2.45, 2.75) is 4.90 Å². The lowest BCUT2D eigenvalue weighted by atomic mass is 10.0. The number of hydrogen-bond acceptors (Lipinski definition) is 4. The van der Waals surface area contributed by atoms with Crippen molar-refractivity contribution in [1.82, 2.24) is 0 Å². The van der Waals surface area contributed by atoms with Gasteiger partial charge in [-0.2, -0.15) is 0 Å². The van der Waals surface area contributed by atoms with Gasteiger partial charge < -0.3 is 5.73 Å². The van der Waals surface area contributed by atoms with E-state index in [1.165, 1.54) is 30.3 Å². The molecule has 104 valence electrons. The summed E-state index contributed by atoms with van der Waals surface area (Å²) in [5.74, 6) is -0.244. The molecule has 0 atom stereocenters. The van der Waals surface area contributed by atoms with E-state index in [1.54, 1.807) is 12.1 Å². The lowest BCUT2D eigenvalue weighted by Crippen LogP contribution is -2.03. The number of benzene rings is 2. The maximum Gasteiger partial charge on any atom is 0.193 e. The van der Waals surface area contributed by atoms with E-state index in [9.17, 15) is 13.2 Å². The highest BCUT2D eigenvalue weighted by atomic mass is 35.5. The maximum atomic E-state index is 12.2. The summed E-state index contributed by atoms with van der Waals surface area (Å²) in [6.07, 6.45) is 1.11. The zero-order chi connectivity index (χ0) is 14.9. The molecule has 0 bridgehead atoms. The van der Waals surface area contributed by atoms with E-state index >= 15 is 0 Å². The van der Waals surface area contributed by atoms with Crippen molar-refractivity contribution in [1.29, 1.82) is 0 Å². The van der Waals surface area contributed by atoms with Gasteiger partial charge in [-0.25, -0.2) is 8.42 Å². The third-order valence-electron chi connectivity index (χ3n) is 2.81. The van der Waals surface area contributed by atoms with Crippen molar-refractivity contribution >= 4 is 32.9 Å². The lowest BCUT2D eigenvalue weighted by molar-refractivity contribution is 0.103. The van der Waals surface area contributed by atoms with Crippen LogP contribution >= 0.6 is 11.6 Å². The summed E-state index contributed by atoms with van der Waals surface area (Å²) in [6.45, 7) is 0. The molecule has 0 unspecified atom stereocenters. The van der Waals surface area contributed by atoms with E-state index in [4.69, 9.17) is 17.3 Å². The number of anilines is 1. The van der Waals surface area contributed by atoms with Crippen LogP contribution in [0.4, 0.5) is 5.69 Å². The highest BCUT2D eigenvalue weighted by Crippen LogP contribution is 2.22. The normalized spacial score (nSPS) is 11.3. The van der Waals surface area contributed by atoms with Crippen LogP contribution in [0.2, 0.25) is 5.02 Å². The molecule has 2 N–H and O–H groups in total. The van der Waals surface area contributed by atoms with Crippen molar-refractivity contribution in [3.63, 3.8) is 0 Å². The fourth-order valence-corrected chi connectivity index (χ4v) is 2.50. The van der Waals surface area contributed by atoms with Crippen LogP contribution in [0.5, 0.6) is 0 Å². The van der Waals surface area contributed by atoms with E-state index < -0.39 is 9.84 Å². The first kappa shape index (κ1) is 14.6. The third-order valence-corrected chi connectivity index (χ3v) is 4.26. The van der Waals surface area contributed by atoms with Gasteiger partial charge in [-0.05, 0) is 42.5 Å². The molecule has 0 aliphatic heterocycles. The SMILES string of the molecule is CS(=O)(=O)c1ccc(C(=O)c2ccc(N)c(Cl)c2)cc1. The molecule has 0 aromatic heterocycles. The van der Waals surface area contributed by atoms with Crippen molar-refractivity contribution < 1.29 is 13.2 Å². The molecule has 20 heavy (non-hydrogen) atoms. The smallest absolute Gasteiger partial charge is 0.193 e. The Morgan fingerprint density at radius 2 is 1.60 bits per heavy atom. The van der Waals surface area contributed by atoms with Gasteiger partial charge in [-0.1, -0.05) is 11.6 Å². The van der Waals surface area contributed by atoms with Gasteiger partial charge in [0.25, 0.3) is 0 Å². The van der Waals surface area contributed by atoms with Crippen molar-refractivity contribution in [2.75, 3.05) is 12.0 Å². The van der Waals surface area contributed by atoms with E-state index in [1.807, 2.05) is 0 Å². The summed E-state index contributed by atoms with van der Waals surface area (Å²) in [6, 6.07) is 10.4. The molecule has 0 radical (unpaired) electrons. The van der Waals surface area contributed by atoms with E-state index in [2.05, 4.69) is 0 Å². The standard InChI is InChI=1S/C14H12ClNO3S/c1-20(18,19)11-5-2-9(3-6-11)14(17)10-4-7-13(16)12(15)8-10/h2-8H,16H2,1H3. The number of sulfone groups is 1. The molecule has 6 heteroatoms. The van der Waals surface area contributed by atoms with Crippen LogP contribution in [0, 0.1) is 0 Å². The first-order valence-electron chi connectivity index (χ1n) is 5.69. The molecule has 0 saturated carbocycles. The number of rotatable bonds is 3. The van der Waals surface area contributed by atoms with Gasteiger partial charge in [-0.15, -0.1) is 0 Å². The van der Waals surface area contributed by atoms with Crippen LogP contribution in [-0.2, 0) is 9.84 Å². The maximum absolute atomic E-state index is 12.2. The van der Waals surface area contributed by atoms with Crippen LogP contribution < -0.4 is 5.73 Å². The molecule has 0 amide bonds. The van der Waals surface area contributed by atoms with Crippen LogP contribution in [0.25, 0.3) is 0 Å². The topological polar surface area (TPSA) is 77.2 Å². The fraction of sp³-hybridized carbons (Fsp3) is 0.0714. The van der Waals surface area contributed by atoms with Crippen molar-refractivity contribution in [3.05, 3.63) is 58.6 Å². The zero-order valence-electron chi connectivity index (χ0n) is 10.6. The Kier molecular flexibility index (Phi) is 3.83. The fourth-order valence-electron chi connectivity index (χ4n) is 1.69. The van der Waals surface area contributed by atoms with Crippen molar-refractivity contribution in [3.8, 4) is 0 Å². The van der Waals surface area contributed by atoms with Crippen LogP contribution in [0.1, 0.15) is 15.9 Å². The molecular formula is C14H12ClNO3S. The second kappa shape index (κ2) is 5.26. The number of ketones is 1. The average Bonchev–Trinajstić information content (AvgIpc) is 2.40. The minimum Gasteiger partial charge on any atom is -0.398 e. The highest BCUT2D eigenvalue weighted by molar-refractivity contribution is 7.90. The molecule has 0 aliphatic rings. The predicted octanol–water partition coefficient (Wildman–Crippen LogP) is 2.56. The Morgan fingerprint density at radius 3 is 2.10 bits per heavy atom. The third kappa shape index (κ3) is 3.00. The second-order valence-corrected chi connectivity index (χ2v) is 6.78. The quantitative estimate of drug-likeness (QED) is 0.698. The molecule has 0 aliphatic carbocycles. The van der Waals surface area contributed by atoms with Crippen LogP contribution in [-0.4, -0.2) is 20.5 Å². The Bertz CT molecular complexity index is 768. The number of nitrogen functional groups attached to an aromatic ring is 1. The Hall–Kier alpha value is -1.85. The number of carbonyl (C=O) groups is 1. The number of halogens is 1. The Morgan fingerprint density at radius 1 is 1.05 bits per heavy atom. The minimum atomic E-state index is -3.27. The first-order valence-corrected chi connectivity index (χ1v) is 7.96. The van der Waals surface area contributed by atoms with Gasteiger partial charge >= 0.3 is 0 Å². The van der Waals surface area contributed by atoms with Crippen LogP contribution in [0.3, 0.4) is 0 Å². The number of nitrogens with two attached hydrogens (primary N) is 1. The summed E-state index contributed by atoms with van der Waals surface area (Å²) < 4.78 is 22.7. The number of hydrogen-bond donors (Lipinski definition) is 1. The molecule has 4 nitrogen and oxygen atoms in total. The highest BCUT2D eigenvalue weighted by Gasteiger charge is 2.12. The molecule has 0 heterocycles. The molecule has 0 fully saturated rings. The van der Waals surface area contributed by atoms with E-state index in [0.717, 1.165) is 6.26 Å². The van der Waals surface area contributed by atoms with Gasteiger partial charge in [0.15, 0.2) is 15.6 Å². The Labute approximate surface area is 122 Å². The summed E-state index contributed by atoms with van der Waals surface area (Å²) in [5.41, 5.74) is 6.77. The molecular weight excluding hydrogens is 298 g/mol. The first-order chi connectivity index (χ1) is 9.29. The molecule has 2 aromatic carbocycles. The molecule has 0 saturated heterocycles. The second-order valence-electron chi connectivity index (χ2n) is 4.36. The van der Waals surface area contributed by atoms with E-state index in [0.29, 0.717) is 21.8 Å². The summed E-state index contributed by atoms with van der Waals surface area (Å²) in [5, 5.41) is 0.309. The zero-order valence-corrected chi connectivity index (χ0v) is 12.2. The largest absolute Gasteiger partial charge is 0.398 e. The molecule has 2 aromatic rings. The molecule has 0 spiro atoms. The van der Waals surface area contributed by atoms with Crippen LogP contribution in [0.15, 0.2) is 47.4 Å².